The Bertz CT molecular complexity index is 1070. The van der Waals surface area contributed by atoms with Gasteiger partial charge in [-0.3, -0.25) is 9.88 Å². The Balaban J connectivity index is 1.28. The van der Waals surface area contributed by atoms with Crippen LogP contribution in [0.1, 0.15) is 24.0 Å². The average Bonchev–Trinajstić information content (AvgIpc) is 2.78. The number of hydrogen-bond acceptors (Lipinski definition) is 5. The Morgan fingerprint density at radius 3 is 2.41 bits per heavy atom. The monoisotopic (exact) mass is 429 g/mol. The smallest absolute Gasteiger partial charge is 0.147 e. The summed E-state index contributed by atoms with van der Waals surface area (Å²) in [6, 6.07) is 13.2. The highest BCUT2D eigenvalue weighted by Gasteiger charge is 2.23. The summed E-state index contributed by atoms with van der Waals surface area (Å²) < 4.78 is 0. The number of likely N-dealkylation sites (tertiary alicyclic amines) is 1. The lowest BCUT2D eigenvalue weighted by atomic mass is 9.97. The van der Waals surface area contributed by atoms with Gasteiger partial charge in [0.2, 0.25) is 0 Å². The zero-order valence-electron chi connectivity index (χ0n) is 19.7. The fraction of sp³-hybridized carbons (Fsp3) is 0.481. The van der Waals surface area contributed by atoms with Crippen molar-refractivity contribution >= 4 is 16.9 Å². The third kappa shape index (κ3) is 4.79. The average molecular weight is 430 g/mol. The second-order valence-corrected chi connectivity index (χ2v) is 9.87. The van der Waals surface area contributed by atoms with Crippen LogP contribution in [0.15, 0.2) is 42.6 Å². The van der Waals surface area contributed by atoms with Gasteiger partial charge in [0.25, 0.3) is 0 Å². The third-order valence-electron chi connectivity index (χ3n) is 7.02. The summed E-state index contributed by atoms with van der Waals surface area (Å²) in [5, 5.41) is 0. The van der Waals surface area contributed by atoms with Crippen molar-refractivity contribution in [3.8, 4) is 11.1 Å². The molecule has 0 aliphatic carbocycles. The molecule has 1 unspecified atom stereocenters. The number of piperidine rings is 1. The number of hydrogen-bond donors (Lipinski definition) is 0. The lowest BCUT2D eigenvalue weighted by molar-refractivity contribution is 0.147. The maximum Gasteiger partial charge on any atom is 0.147 e. The summed E-state index contributed by atoms with van der Waals surface area (Å²) in [6.45, 7) is 12.3. The molecule has 0 radical (unpaired) electrons. The molecule has 0 saturated carbocycles. The van der Waals surface area contributed by atoms with Crippen LogP contribution >= 0.6 is 0 Å². The molecule has 1 atom stereocenters. The second-order valence-electron chi connectivity index (χ2n) is 9.87. The number of piperazine rings is 1. The van der Waals surface area contributed by atoms with E-state index in [0.717, 1.165) is 48.9 Å². The summed E-state index contributed by atoms with van der Waals surface area (Å²) in [5.41, 5.74) is 6.97. The molecule has 5 nitrogen and oxygen atoms in total. The van der Waals surface area contributed by atoms with E-state index in [1.165, 1.54) is 54.7 Å². The Kier molecular flexibility index (Phi) is 6.11. The van der Waals surface area contributed by atoms with Crippen molar-refractivity contribution in [2.45, 2.75) is 26.7 Å². The van der Waals surface area contributed by atoms with Gasteiger partial charge < -0.3 is 9.80 Å². The van der Waals surface area contributed by atoms with Gasteiger partial charge in [-0.05, 0) is 69.5 Å². The van der Waals surface area contributed by atoms with Gasteiger partial charge in [-0.1, -0.05) is 35.4 Å². The molecule has 2 fully saturated rings. The Morgan fingerprint density at radius 1 is 0.875 bits per heavy atom. The van der Waals surface area contributed by atoms with Crippen molar-refractivity contribution in [1.82, 2.24) is 19.8 Å². The van der Waals surface area contributed by atoms with E-state index < -0.39 is 0 Å². The third-order valence-corrected chi connectivity index (χ3v) is 7.02. The number of anilines is 1. The van der Waals surface area contributed by atoms with Crippen LogP contribution < -0.4 is 4.90 Å². The first kappa shape index (κ1) is 21.4. The van der Waals surface area contributed by atoms with Gasteiger partial charge in [0.15, 0.2) is 0 Å². The van der Waals surface area contributed by atoms with Crippen LogP contribution in [0.5, 0.6) is 0 Å². The molecule has 2 aliphatic heterocycles. The first-order valence-electron chi connectivity index (χ1n) is 12.0. The quantitative estimate of drug-likeness (QED) is 0.615. The summed E-state index contributed by atoms with van der Waals surface area (Å²) in [7, 11) is 2.26. The first-order chi connectivity index (χ1) is 15.5. The molecule has 0 spiro atoms. The Labute approximate surface area is 192 Å². The molecule has 0 bridgehead atoms. The number of nitrogens with zero attached hydrogens (tertiary/aromatic N) is 5. The van der Waals surface area contributed by atoms with Crippen molar-refractivity contribution in [2.75, 3.05) is 57.8 Å². The minimum atomic E-state index is 0.824. The molecule has 1 aromatic heterocycles. The summed E-state index contributed by atoms with van der Waals surface area (Å²) in [4.78, 5) is 17.3. The standard InChI is InChI=1S/C27H35N5/c1-20-13-21(2)15-24(14-20)23-6-7-25-26(16-23)29-27(17-28-25)32-11-9-31(10-12-32)19-22-5-4-8-30(3)18-22/h6-7,13-17,22H,4-5,8-12,18-19H2,1-3H3. The van der Waals surface area contributed by atoms with Gasteiger partial charge in [-0.2, -0.15) is 0 Å². The van der Waals surface area contributed by atoms with Crippen LogP contribution in [0.25, 0.3) is 22.2 Å². The molecule has 5 rings (SSSR count). The molecule has 0 N–H and O–H groups in total. The van der Waals surface area contributed by atoms with Gasteiger partial charge in [0.05, 0.1) is 17.2 Å². The summed E-state index contributed by atoms with van der Waals surface area (Å²) in [5.74, 6) is 1.83. The van der Waals surface area contributed by atoms with Crippen molar-refractivity contribution < 1.29 is 0 Å². The predicted molar refractivity (Wildman–Crippen MR) is 133 cm³/mol. The minimum absolute atomic E-state index is 0.824. The Hall–Kier alpha value is -2.50. The summed E-state index contributed by atoms with van der Waals surface area (Å²) in [6.07, 6.45) is 4.67. The molecule has 168 valence electrons. The minimum Gasteiger partial charge on any atom is -0.353 e. The molecular weight excluding hydrogens is 394 g/mol. The van der Waals surface area contributed by atoms with Crippen molar-refractivity contribution in [2.24, 2.45) is 5.92 Å². The van der Waals surface area contributed by atoms with E-state index in [9.17, 15) is 0 Å². The SMILES string of the molecule is Cc1cc(C)cc(-c2ccc3ncc(N4CCN(CC5CCCN(C)C5)CC4)nc3c2)c1. The fourth-order valence-electron chi connectivity index (χ4n) is 5.42. The Morgan fingerprint density at radius 2 is 1.66 bits per heavy atom. The maximum atomic E-state index is 5.02. The molecule has 32 heavy (non-hydrogen) atoms. The van der Waals surface area contributed by atoms with Gasteiger partial charge in [-0.25, -0.2) is 4.98 Å². The first-order valence-corrected chi connectivity index (χ1v) is 12.0. The van der Waals surface area contributed by atoms with E-state index >= 15 is 0 Å². The van der Waals surface area contributed by atoms with Crippen LogP contribution in [0.2, 0.25) is 0 Å². The largest absolute Gasteiger partial charge is 0.353 e. The normalized spacial score (nSPS) is 20.7. The number of aryl methyl sites for hydroxylation is 2. The second kappa shape index (κ2) is 9.16. The van der Waals surface area contributed by atoms with Gasteiger partial charge in [-0.15, -0.1) is 0 Å². The van der Waals surface area contributed by atoms with Crippen LogP contribution in [0, 0.1) is 19.8 Å². The molecule has 5 heteroatoms. The number of fused-ring (bicyclic) bond motifs is 1. The summed E-state index contributed by atoms with van der Waals surface area (Å²) >= 11 is 0. The van der Waals surface area contributed by atoms with Crippen LogP contribution in [0.3, 0.4) is 0 Å². The fourth-order valence-corrected chi connectivity index (χ4v) is 5.42. The van der Waals surface area contributed by atoms with Crippen molar-refractivity contribution in [3.05, 3.63) is 53.7 Å². The van der Waals surface area contributed by atoms with E-state index in [4.69, 9.17) is 9.97 Å². The van der Waals surface area contributed by atoms with E-state index in [0.29, 0.717) is 0 Å². The van der Waals surface area contributed by atoms with Gasteiger partial charge in [0.1, 0.15) is 5.82 Å². The van der Waals surface area contributed by atoms with E-state index in [-0.39, 0.29) is 0 Å². The number of benzene rings is 2. The molecule has 3 heterocycles. The zero-order chi connectivity index (χ0) is 22.1. The lowest BCUT2D eigenvalue weighted by Gasteiger charge is -2.39. The highest BCUT2D eigenvalue weighted by Crippen LogP contribution is 2.26. The molecule has 2 aliphatic rings. The van der Waals surface area contributed by atoms with Crippen LogP contribution in [0.4, 0.5) is 5.82 Å². The highest BCUT2D eigenvalue weighted by atomic mass is 15.3. The maximum absolute atomic E-state index is 5.02. The van der Waals surface area contributed by atoms with Crippen LogP contribution in [-0.2, 0) is 0 Å². The zero-order valence-corrected chi connectivity index (χ0v) is 19.7. The molecular formula is C27H35N5. The van der Waals surface area contributed by atoms with E-state index in [1.54, 1.807) is 0 Å². The van der Waals surface area contributed by atoms with E-state index in [2.05, 4.69) is 72.0 Å². The molecule has 0 amide bonds. The van der Waals surface area contributed by atoms with Crippen molar-refractivity contribution in [1.29, 1.82) is 0 Å². The van der Waals surface area contributed by atoms with Gasteiger partial charge in [0, 0.05) is 39.3 Å². The highest BCUT2D eigenvalue weighted by molar-refractivity contribution is 5.82. The predicted octanol–water partition coefficient (Wildman–Crippen LogP) is 4.38. The number of rotatable bonds is 4. The topological polar surface area (TPSA) is 35.5 Å². The molecule has 2 saturated heterocycles. The number of aromatic nitrogens is 2. The van der Waals surface area contributed by atoms with Gasteiger partial charge >= 0.3 is 0 Å². The van der Waals surface area contributed by atoms with Crippen LogP contribution in [-0.4, -0.2) is 72.6 Å². The molecule has 3 aromatic rings. The lowest BCUT2D eigenvalue weighted by Crippen LogP contribution is -2.49. The van der Waals surface area contributed by atoms with Crippen molar-refractivity contribution in [3.63, 3.8) is 0 Å². The molecule has 2 aromatic carbocycles. The van der Waals surface area contributed by atoms with E-state index in [1.807, 2.05) is 6.20 Å².